The monoisotopic (exact) mass is 659 g/mol. The summed E-state index contributed by atoms with van der Waals surface area (Å²) in [7, 11) is 2.21. The van der Waals surface area contributed by atoms with Crippen LogP contribution in [0, 0.1) is 18.8 Å². The molecule has 3 heterocycles. The van der Waals surface area contributed by atoms with Gasteiger partial charge in [0.2, 0.25) is 0 Å². The van der Waals surface area contributed by atoms with Crippen molar-refractivity contribution in [3.63, 3.8) is 0 Å². The molecule has 0 aliphatic carbocycles. The zero-order valence-electron chi connectivity index (χ0n) is 24.0. The van der Waals surface area contributed by atoms with Gasteiger partial charge in [0, 0.05) is 37.3 Å². The van der Waals surface area contributed by atoms with E-state index in [0.29, 0.717) is 18.1 Å². The molecule has 3 atom stereocenters. The number of alkyl halides is 9. The van der Waals surface area contributed by atoms with Gasteiger partial charge in [0.25, 0.3) is 0 Å². The van der Waals surface area contributed by atoms with E-state index < -0.39 is 36.4 Å². The summed E-state index contributed by atoms with van der Waals surface area (Å²) in [4.78, 5) is 36.3. The molecular formula is C25H34F9N3O7. The van der Waals surface area contributed by atoms with E-state index in [1.807, 2.05) is 0 Å². The van der Waals surface area contributed by atoms with E-state index in [1.165, 1.54) is 18.7 Å². The molecule has 0 unspecified atom stereocenters. The molecule has 2 aliphatic heterocycles. The smallest absolute Gasteiger partial charge is 0.475 e. The number of likely N-dealkylation sites (tertiary alicyclic amines) is 1. The van der Waals surface area contributed by atoms with Crippen LogP contribution in [-0.4, -0.2) is 112 Å². The molecule has 3 rings (SSSR count). The number of carboxylic acids is 3. The van der Waals surface area contributed by atoms with E-state index >= 15 is 0 Å². The fourth-order valence-electron chi connectivity index (χ4n) is 3.91. The quantitative estimate of drug-likeness (QED) is 0.388. The number of pyridine rings is 1. The molecule has 0 amide bonds. The number of rotatable bonds is 5. The Hall–Kier alpha value is -3.19. The van der Waals surface area contributed by atoms with Crippen LogP contribution in [0.3, 0.4) is 0 Å². The van der Waals surface area contributed by atoms with Gasteiger partial charge in [0.05, 0.1) is 18.4 Å². The summed E-state index contributed by atoms with van der Waals surface area (Å²) in [5, 5.41) is 21.4. The summed E-state index contributed by atoms with van der Waals surface area (Å²) >= 11 is 0. The normalized spacial score (nSPS) is 20.3. The lowest BCUT2D eigenvalue weighted by molar-refractivity contribution is -0.193. The molecule has 2 saturated heterocycles. The minimum atomic E-state index is -5.08. The first kappa shape index (κ1) is 40.8. The molecular weight excluding hydrogens is 625 g/mol. The highest BCUT2D eigenvalue weighted by atomic mass is 19.4. The number of hydrogen-bond donors (Lipinski definition) is 3. The van der Waals surface area contributed by atoms with Crippen LogP contribution in [0.4, 0.5) is 39.5 Å². The standard InChI is InChI=1S/C19H31N3O.3C2HF3O2/c1-14(2)21(4)12-19-18-8-9-22(10-16(18)13-23-19)11-17-7-5-6-15(3)20-17;3*3-2(4,5)1(6)7/h5-7,14,16,18-19H,8-13H2,1-4H3;3*(H,6,7)/t16-,18-,19+;;;/m1.../s1. The number of nitrogens with zero attached hydrogens (tertiary/aromatic N) is 3. The van der Waals surface area contributed by atoms with Crippen LogP contribution in [0.2, 0.25) is 0 Å². The van der Waals surface area contributed by atoms with E-state index in [0.717, 1.165) is 37.9 Å². The van der Waals surface area contributed by atoms with Crippen molar-refractivity contribution >= 4 is 17.9 Å². The third-order valence-corrected chi connectivity index (χ3v) is 6.29. The van der Waals surface area contributed by atoms with Gasteiger partial charge < -0.3 is 25.0 Å². The predicted octanol–water partition coefficient (Wildman–Crippen LogP) is 4.47. The van der Waals surface area contributed by atoms with Crippen molar-refractivity contribution in [3.05, 3.63) is 29.6 Å². The van der Waals surface area contributed by atoms with Gasteiger partial charge in [-0.25, -0.2) is 14.4 Å². The van der Waals surface area contributed by atoms with Crippen molar-refractivity contribution in [1.29, 1.82) is 0 Å². The Labute approximate surface area is 246 Å². The maximum Gasteiger partial charge on any atom is 0.490 e. The number of piperidine rings is 1. The molecule has 0 radical (unpaired) electrons. The number of fused-ring (bicyclic) bond motifs is 1. The number of carbonyl (C=O) groups is 3. The molecule has 1 aromatic heterocycles. The minimum Gasteiger partial charge on any atom is -0.475 e. The first-order valence-corrected chi connectivity index (χ1v) is 12.7. The van der Waals surface area contributed by atoms with E-state index in [2.05, 4.69) is 60.8 Å². The van der Waals surface area contributed by atoms with Gasteiger partial charge in [0.1, 0.15) is 0 Å². The lowest BCUT2D eigenvalue weighted by Crippen LogP contribution is -2.44. The number of likely N-dealkylation sites (N-methyl/N-ethyl adjacent to an activating group) is 1. The number of aryl methyl sites for hydroxylation is 1. The lowest BCUT2D eigenvalue weighted by atomic mass is 9.84. The molecule has 3 N–H and O–H groups in total. The Bertz CT molecular complexity index is 1010. The molecule has 2 fully saturated rings. The summed E-state index contributed by atoms with van der Waals surface area (Å²) in [6.45, 7) is 11.9. The van der Waals surface area contributed by atoms with Crippen molar-refractivity contribution in [3.8, 4) is 0 Å². The Morgan fingerprint density at radius 1 is 0.955 bits per heavy atom. The molecule has 0 aromatic carbocycles. The Morgan fingerprint density at radius 2 is 1.41 bits per heavy atom. The third kappa shape index (κ3) is 16.0. The highest BCUT2D eigenvalue weighted by molar-refractivity contribution is 5.73. The van der Waals surface area contributed by atoms with E-state index in [9.17, 15) is 39.5 Å². The first-order chi connectivity index (χ1) is 19.9. The second-order valence-corrected chi connectivity index (χ2v) is 10.0. The summed E-state index contributed by atoms with van der Waals surface area (Å²) in [6, 6.07) is 6.91. The molecule has 1 aromatic rings. The summed E-state index contributed by atoms with van der Waals surface area (Å²) in [5.41, 5.74) is 2.30. The van der Waals surface area contributed by atoms with Crippen LogP contribution >= 0.6 is 0 Å². The van der Waals surface area contributed by atoms with Gasteiger partial charge in [-0.2, -0.15) is 39.5 Å². The van der Waals surface area contributed by atoms with Gasteiger partial charge in [-0.15, -0.1) is 0 Å². The maximum atomic E-state index is 10.6. The van der Waals surface area contributed by atoms with Crippen LogP contribution in [-0.2, 0) is 25.7 Å². The fraction of sp³-hybridized carbons (Fsp3) is 0.680. The summed E-state index contributed by atoms with van der Waals surface area (Å²) in [6.07, 6.45) is -13.6. The number of halogens is 9. The number of ether oxygens (including phenoxy) is 1. The third-order valence-electron chi connectivity index (χ3n) is 6.29. The topological polar surface area (TPSA) is 140 Å². The SMILES string of the molecule is Cc1cccc(CN2CC[C@@H]3[C@@H](CO[C@H]3CN(C)C(C)C)C2)n1.O=C(O)C(F)(F)F.O=C(O)C(F)(F)F.O=C(O)C(F)(F)F. The zero-order chi connectivity index (χ0) is 34.6. The fourth-order valence-corrected chi connectivity index (χ4v) is 3.91. The van der Waals surface area contributed by atoms with Gasteiger partial charge in [-0.05, 0) is 58.8 Å². The Morgan fingerprint density at radius 3 is 1.80 bits per heavy atom. The van der Waals surface area contributed by atoms with Gasteiger partial charge in [0.15, 0.2) is 0 Å². The largest absolute Gasteiger partial charge is 0.490 e. The van der Waals surface area contributed by atoms with E-state index in [-0.39, 0.29) is 0 Å². The molecule has 2 aliphatic rings. The van der Waals surface area contributed by atoms with E-state index in [1.54, 1.807) is 0 Å². The average Bonchev–Trinajstić information content (AvgIpc) is 3.25. The maximum absolute atomic E-state index is 10.6. The van der Waals surface area contributed by atoms with Crippen LogP contribution < -0.4 is 0 Å². The molecule has 254 valence electrons. The highest BCUT2D eigenvalue weighted by Crippen LogP contribution is 2.35. The number of aromatic nitrogens is 1. The molecule has 0 spiro atoms. The number of carboxylic acid groups (broad SMARTS) is 3. The highest BCUT2D eigenvalue weighted by Gasteiger charge is 2.41. The second kappa shape index (κ2) is 17.3. The minimum absolute atomic E-state index is 0.423. The van der Waals surface area contributed by atoms with Gasteiger partial charge in [-0.1, -0.05) is 6.07 Å². The summed E-state index contributed by atoms with van der Waals surface area (Å²) < 4.78 is 101. The average molecular weight is 660 g/mol. The Kier molecular flexibility index (Phi) is 16.1. The van der Waals surface area contributed by atoms with Gasteiger partial charge in [-0.3, -0.25) is 9.88 Å². The van der Waals surface area contributed by atoms with Gasteiger partial charge >= 0.3 is 36.4 Å². The molecule has 19 heteroatoms. The van der Waals surface area contributed by atoms with Crippen molar-refractivity contribution in [2.24, 2.45) is 11.8 Å². The van der Waals surface area contributed by atoms with Crippen molar-refractivity contribution in [1.82, 2.24) is 14.8 Å². The van der Waals surface area contributed by atoms with Crippen LogP contribution in [0.25, 0.3) is 0 Å². The van der Waals surface area contributed by atoms with Crippen molar-refractivity contribution in [2.45, 2.75) is 64.4 Å². The first-order valence-electron chi connectivity index (χ1n) is 12.7. The van der Waals surface area contributed by atoms with Crippen molar-refractivity contribution < 1.29 is 74.0 Å². The number of hydrogen-bond acceptors (Lipinski definition) is 7. The zero-order valence-corrected chi connectivity index (χ0v) is 24.0. The Balaban J connectivity index is 0.000000721. The van der Waals surface area contributed by atoms with Crippen LogP contribution in [0.15, 0.2) is 18.2 Å². The predicted molar refractivity (Wildman–Crippen MR) is 134 cm³/mol. The van der Waals surface area contributed by atoms with E-state index in [4.69, 9.17) is 34.4 Å². The number of aliphatic carboxylic acids is 3. The second-order valence-electron chi connectivity index (χ2n) is 10.0. The van der Waals surface area contributed by atoms with Crippen LogP contribution in [0.1, 0.15) is 31.7 Å². The lowest BCUT2D eigenvalue weighted by Gasteiger charge is -2.36. The molecule has 44 heavy (non-hydrogen) atoms. The molecule has 10 nitrogen and oxygen atoms in total. The summed E-state index contributed by atoms with van der Waals surface area (Å²) in [5.74, 6) is -6.84. The molecule has 0 bridgehead atoms. The van der Waals surface area contributed by atoms with Crippen molar-refractivity contribution in [2.75, 3.05) is 33.3 Å². The van der Waals surface area contributed by atoms with Crippen LogP contribution in [0.5, 0.6) is 0 Å². The molecule has 0 saturated carbocycles.